The molecule has 3 fully saturated rings. The van der Waals surface area contributed by atoms with Gasteiger partial charge in [0.1, 0.15) is 29.0 Å². The van der Waals surface area contributed by atoms with Gasteiger partial charge in [-0.15, -0.1) is 11.6 Å². The molecule has 0 saturated heterocycles. The smallest absolute Gasteiger partial charge is 0.334 e. The average molecular weight is 539 g/mol. The molecule has 3 saturated carbocycles. The standard InChI is InChI=1S/C28H39ClO8/c1-14-12-21(37-22(32)15(14)2)25(5,33)27(35)11-10-26(34)17-13-18(29)28(36)20(31)7-6-19(30)24(28,4)16(17)8-9-23(26,27)3/h6-7,16-18,20-21,31,33-36H,8-13H2,1-5H3. The molecule has 0 spiro atoms. The molecule has 5 rings (SSSR count). The average Bonchev–Trinajstić information content (AvgIpc) is 3.06. The summed E-state index contributed by atoms with van der Waals surface area (Å²) >= 11 is 6.75. The summed E-state index contributed by atoms with van der Waals surface area (Å²) in [6.07, 6.45) is 1.42. The molecule has 8 nitrogen and oxygen atoms in total. The lowest BCUT2D eigenvalue weighted by atomic mass is 9.41. The second-order valence-corrected chi connectivity index (χ2v) is 13.4. The molecule has 4 aliphatic carbocycles. The van der Waals surface area contributed by atoms with Gasteiger partial charge in [-0.1, -0.05) is 12.5 Å². The van der Waals surface area contributed by atoms with Gasteiger partial charge in [-0.2, -0.15) is 0 Å². The Balaban J connectivity index is 1.56. The lowest BCUT2D eigenvalue weighted by Gasteiger charge is -2.67. The monoisotopic (exact) mass is 538 g/mol. The zero-order chi connectivity index (χ0) is 27.6. The lowest BCUT2D eigenvalue weighted by molar-refractivity contribution is -0.294. The van der Waals surface area contributed by atoms with Crippen LogP contribution in [0.25, 0.3) is 0 Å². The number of carbonyl (C=O) groups is 2. The third-order valence-corrected chi connectivity index (χ3v) is 12.4. The van der Waals surface area contributed by atoms with Crippen LogP contribution in [0.3, 0.4) is 0 Å². The summed E-state index contributed by atoms with van der Waals surface area (Å²) in [6, 6.07) is 0. The van der Waals surface area contributed by atoms with E-state index < -0.39 is 68.6 Å². The normalized spacial score (nSPS) is 53.2. The van der Waals surface area contributed by atoms with Crippen LogP contribution in [0.4, 0.5) is 0 Å². The van der Waals surface area contributed by atoms with Gasteiger partial charge in [-0.25, -0.2) is 4.79 Å². The molecule has 0 bridgehead atoms. The fourth-order valence-electron chi connectivity index (χ4n) is 8.98. The van der Waals surface area contributed by atoms with E-state index in [0.717, 1.165) is 5.57 Å². The fourth-order valence-corrected chi connectivity index (χ4v) is 9.53. The Bertz CT molecular complexity index is 1120. The van der Waals surface area contributed by atoms with Gasteiger partial charge < -0.3 is 30.3 Å². The van der Waals surface area contributed by atoms with Gasteiger partial charge in [-0.05, 0) is 83.8 Å². The highest BCUT2D eigenvalue weighted by atomic mass is 35.5. The van der Waals surface area contributed by atoms with Crippen LogP contribution >= 0.6 is 11.6 Å². The summed E-state index contributed by atoms with van der Waals surface area (Å²) in [7, 11) is 0. The first-order chi connectivity index (χ1) is 16.9. The Morgan fingerprint density at radius 2 is 1.73 bits per heavy atom. The first kappa shape index (κ1) is 27.3. The summed E-state index contributed by atoms with van der Waals surface area (Å²) in [6.45, 7) is 8.32. The molecule has 0 aromatic rings. The Kier molecular flexibility index (Phi) is 5.82. The molecule has 0 amide bonds. The van der Waals surface area contributed by atoms with Gasteiger partial charge >= 0.3 is 5.97 Å². The van der Waals surface area contributed by atoms with E-state index in [-0.39, 0.29) is 37.9 Å². The van der Waals surface area contributed by atoms with Crippen molar-refractivity contribution in [2.75, 3.05) is 0 Å². The highest BCUT2D eigenvalue weighted by molar-refractivity contribution is 6.22. The number of hydrogen-bond acceptors (Lipinski definition) is 8. The maximum atomic E-state index is 13.3. The number of ether oxygens (including phenoxy) is 1. The van der Waals surface area contributed by atoms with Crippen molar-refractivity contribution >= 4 is 23.4 Å². The Hall–Kier alpha value is -1.29. The number of aliphatic hydroxyl groups excluding tert-OH is 1. The van der Waals surface area contributed by atoms with Crippen LogP contribution in [-0.2, 0) is 14.3 Å². The van der Waals surface area contributed by atoms with E-state index in [2.05, 4.69) is 0 Å². The molecule has 5 N–H and O–H groups in total. The molecule has 0 aromatic carbocycles. The van der Waals surface area contributed by atoms with Crippen molar-refractivity contribution in [2.24, 2.45) is 22.7 Å². The van der Waals surface area contributed by atoms with E-state index in [4.69, 9.17) is 16.3 Å². The molecular weight excluding hydrogens is 500 g/mol. The number of hydrogen-bond donors (Lipinski definition) is 5. The van der Waals surface area contributed by atoms with Crippen molar-refractivity contribution in [2.45, 2.75) is 113 Å². The van der Waals surface area contributed by atoms with Crippen molar-refractivity contribution in [3.05, 3.63) is 23.3 Å². The summed E-state index contributed by atoms with van der Waals surface area (Å²) in [4.78, 5) is 25.8. The number of aliphatic hydroxyl groups is 5. The zero-order valence-electron chi connectivity index (χ0n) is 22.1. The topological polar surface area (TPSA) is 145 Å². The van der Waals surface area contributed by atoms with Gasteiger partial charge in [0.05, 0.1) is 16.4 Å². The Morgan fingerprint density at radius 1 is 1.08 bits per heavy atom. The first-order valence-corrected chi connectivity index (χ1v) is 13.7. The molecule has 5 aliphatic rings. The predicted octanol–water partition coefficient (Wildman–Crippen LogP) is 1.93. The predicted molar refractivity (Wildman–Crippen MR) is 134 cm³/mol. The van der Waals surface area contributed by atoms with Crippen LogP contribution in [-0.4, -0.2) is 77.3 Å². The third-order valence-electron chi connectivity index (χ3n) is 11.8. The van der Waals surface area contributed by atoms with Gasteiger partial charge in [0, 0.05) is 17.4 Å². The van der Waals surface area contributed by atoms with Gasteiger partial charge in [-0.3, -0.25) is 4.79 Å². The van der Waals surface area contributed by atoms with Gasteiger partial charge in [0.25, 0.3) is 0 Å². The van der Waals surface area contributed by atoms with Crippen molar-refractivity contribution in [1.29, 1.82) is 0 Å². The Morgan fingerprint density at radius 3 is 2.35 bits per heavy atom. The summed E-state index contributed by atoms with van der Waals surface area (Å²) in [5.41, 5.74) is -8.52. The molecule has 1 heterocycles. The molecule has 1 aliphatic heterocycles. The minimum Gasteiger partial charge on any atom is -0.455 e. The number of esters is 1. The fraction of sp³-hybridized carbons (Fsp3) is 0.786. The van der Waals surface area contributed by atoms with E-state index in [1.807, 2.05) is 0 Å². The maximum Gasteiger partial charge on any atom is 0.334 e. The van der Waals surface area contributed by atoms with Crippen molar-refractivity contribution < 1.29 is 39.9 Å². The quantitative estimate of drug-likeness (QED) is 0.265. The van der Waals surface area contributed by atoms with Crippen LogP contribution in [0.15, 0.2) is 23.3 Å². The molecule has 37 heavy (non-hydrogen) atoms. The molecule has 9 heteroatoms. The summed E-state index contributed by atoms with van der Waals surface area (Å²) in [5.74, 6) is -1.97. The van der Waals surface area contributed by atoms with Crippen LogP contribution in [0, 0.1) is 22.7 Å². The van der Waals surface area contributed by atoms with Crippen LogP contribution < -0.4 is 0 Å². The lowest BCUT2D eigenvalue weighted by Crippen LogP contribution is -2.77. The number of carbonyl (C=O) groups excluding carboxylic acids is 2. The number of cyclic esters (lactones) is 1. The highest BCUT2D eigenvalue weighted by Crippen LogP contribution is 2.71. The number of fused-ring (bicyclic) bond motifs is 5. The first-order valence-electron chi connectivity index (χ1n) is 13.2. The maximum absolute atomic E-state index is 13.3. The van der Waals surface area contributed by atoms with Crippen molar-refractivity contribution in [3.8, 4) is 0 Å². The highest BCUT2D eigenvalue weighted by Gasteiger charge is 2.79. The van der Waals surface area contributed by atoms with E-state index in [9.17, 15) is 35.1 Å². The number of alkyl halides is 1. The van der Waals surface area contributed by atoms with Crippen LogP contribution in [0.1, 0.15) is 73.1 Å². The molecule has 0 aromatic heterocycles. The second-order valence-electron chi connectivity index (χ2n) is 12.9. The second kappa shape index (κ2) is 7.89. The number of halogens is 1. The van der Waals surface area contributed by atoms with E-state index >= 15 is 0 Å². The van der Waals surface area contributed by atoms with E-state index in [0.29, 0.717) is 12.0 Å². The van der Waals surface area contributed by atoms with Crippen LogP contribution in [0.2, 0.25) is 0 Å². The summed E-state index contributed by atoms with van der Waals surface area (Å²) in [5, 5.41) is 58.1. The summed E-state index contributed by atoms with van der Waals surface area (Å²) < 4.78 is 5.60. The van der Waals surface area contributed by atoms with Gasteiger partial charge in [0.2, 0.25) is 0 Å². The molecule has 0 radical (unpaired) electrons. The minimum atomic E-state index is -1.90. The minimum absolute atomic E-state index is 0.0520. The third kappa shape index (κ3) is 2.92. The molecule has 11 atom stereocenters. The van der Waals surface area contributed by atoms with E-state index in [1.54, 1.807) is 27.7 Å². The Labute approximate surface area is 222 Å². The number of ketones is 1. The molecule has 206 valence electrons. The van der Waals surface area contributed by atoms with Crippen molar-refractivity contribution in [3.63, 3.8) is 0 Å². The number of allylic oxidation sites excluding steroid dienone is 1. The molecule has 11 unspecified atom stereocenters. The SMILES string of the molecule is CC1=C(C)C(=O)OC(C(C)(O)C2(O)CCC3(O)C4CC(Cl)C5(O)C(O)C=CC(=O)C5(C)C4CCC32C)C1. The van der Waals surface area contributed by atoms with Crippen molar-refractivity contribution in [1.82, 2.24) is 0 Å². The largest absolute Gasteiger partial charge is 0.455 e. The molecular formula is C28H39ClO8. The zero-order valence-corrected chi connectivity index (χ0v) is 22.9. The van der Waals surface area contributed by atoms with Crippen LogP contribution in [0.5, 0.6) is 0 Å². The van der Waals surface area contributed by atoms with Gasteiger partial charge in [0.15, 0.2) is 5.78 Å². The number of rotatable bonds is 2. The van der Waals surface area contributed by atoms with E-state index in [1.165, 1.54) is 19.1 Å².